The van der Waals surface area contributed by atoms with Crippen molar-refractivity contribution in [1.29, 1.82) is 0 Å². The highest BCUT2D eigenvalue weighted by atomic mass is 16.4. The molecule has 0 radical (unpaired) electrons. The van der Waals surface area contributed by atoms with Gasteiger partial charge in [-0.15, -0.1) is 0 Å². The maximum atomic E-state index is 13.3. The zero-order chi connectivity index (χ0) is 24.6. The van der Waals surface area contributed by atoms with Gasteiger partial charge in [0.15, 0.2) is 0 Å². The van der Waals surface area contributed by atoms with Gasteiger partial charge < -0.3 is 10.4 Å². The van der Waals surface area contributed by atoms with Crippen LogP contribution in [0.15, 0.2) is 24.3 Å². The number of carboxylic acids is 1. The first kappa shape index (κ1) is 26.8. The SMILES string of the molecule is CCCCC1(C(=O)O)CCN(C(=O)CCC)N(C(C)c2ccc(CCC)cc2)C1C(=O)NC. The molecule has 0 saturated carbocycles. The van der Waals surface area contributed by atoms with Crippen LogP contribution in [0.1, 0.15) is 89.8 Å². The minimum Gasteiger partial charge on any atom is -0.481 e. The van der Waals surface area contributed by atoms with Crippen molar-refractivity contribution in [2.24, 2.45) is 5.41 Å². The molecule has 1 aliphatic rings. The number of benzene rings is 1. The van der Waals surface area contributed by atoms with Gasteiger partial charge in [0.25, 0.3) is 0 Å². The van der Waals surface area contributed by atoms with Crippen LogP contribution in [-0.4, -0.2) is 52.5 Å². The van der Waals surface area contributed by atoms with Crippen molar-refractivity contribution in [1.82, 2.24) is 15.3 Å². The number of nitrogens with one attached hydrogen (secondary N) is 1. The summed E-state index contributed by atoms with van der Waals surface area (Å²) in [6, 6.07) is 6.89. The molecule has 1 heterocycles. The highest BCUT2D eigenvalue weighted by molar-refractivity contribution is 5.91. The molecule has 7 heteroatoms. The molecule has 3 atom stereocenters. The number of likely N-dealkylation sites (N-methyl/N-ethyl adjacent to an activating group) is 1. The lowest BCUT2D eigenvalue weighted by Gasteiger charge is -2.53. The Morgan fingerprint density at radius 2 is 1.79 bits per heavy atom. The van der Waals surface area contributed by atoms with Crippen molar-refractivity contribution < 1.29 is 19.5 Å². The lowest BCUT2D eigenvalue weighted by molar-refractivity contribution is -0.201. The molecular weight excluding hydrogens is 418 g/mol. The molecule has 7 nitrogen and oxygen atoms in total. The number of aryl methyl sites for hydroxylation is 1. The fourth-order valence-corrected chi connectivity index (χ4v) is 4.98. The van der Waals surface area contributed by atoms with Gasteiger partial charge in [-0.05, 0) is 43.7 Å². The second-order valence-corrected chi connectivity index (χ2v) is 9.15. The van der Waals surface area contributed by atoms with Gasteiger partial charge in [-0.25, -0.2) is 0 Å². The number of unbranched alkanes of at least 4 members (excludes halogenated alkanes) is 1. The Morgan fingerprint density at radius 1 is 1.12 bits per heavy atom. The van der Waals surface area contributed by atoms with Crippen molar-refractivity contribution in [2.45, 2.75) is 91.1 Å². The quantitative estimate of drug-likeness (QED) is 0.514. The van der Waals surface area contributed by atoms with Crippen molar-refractivity contribution >= 4 is 17.8 Å². The van der Waals surface area contributed by atoms with Crippen molar-refractivity contribution in [3.05, 3.63) is 35.4 Å². The summed E-state index contributed by atoms with van der Waals surface area (Å²) in [6.45, 7) is 8.34. The minimum absolute atomic E-state index is 0.0738. The van der Waals surface area contributed by atoms with E-state index in [-0.39, 0.29) is 24.3 Å². The summed E-state index contributed by atoms with van der Waals surface area (Å²) in [5.74, 6) is -1.41. The van der Waals surface area contributed by atoms with E-state index in [2.05, 4.69) is 24.4 Å². The molecule has 3 unspecified atom stereocenters. The van der Waals surface area contributed by atoms with E-state index in [1.165, 1.54) is 12.6 Å². The number of hydrazine groups is 1. The maximum Gasteiger partial charge on any atom is 0.311 e. The van der Waals surface area contributed by atoms with Crippen LogP contribution >= 0.6 is 0 Å². The molecule has 1 aromatic carbocycles. The average Bonchev–Trinajstić information content (AvgIpc) is 2.81. The summed E-state index contributed by atoms with van der Waals surface area (Å²) in [4.78, 5) is 39.2. The minimum atomic E-state index is -1.25. The number of hydrogen-bond donors (Lipinski definition) is 2. The molecule has 184 valence electrons. The Kier molecular flexibility index (Phi) is 9.89. The Bertz CT molecular complexity index is 810. The van der Waals surface area contributed by atoms with Crippen LogP contribution in [0, 0.1) is 5.41 Å². The molecule has 2 rings (SSSR count). The number of amides is 2. The highest BCUT2D eigenvalue weighted by Crippen LogP contribution is 2.44. The van der Waals surface area contributed by atoms with Gasteiger partial charge in [0.1, 0.15) is 6.04 Å². The second-order valence-electron chi connectivity index (χ2n) is 9.15. The van der Waals surface area contributed by atoms with Crippen LogP contribution in [0.3, 0.4) is 0 Å². The largest absolute Gasteiger partial charge is 0.481 e. The zero-order valence-corrected chi connectivity index (χ0v) is 20.9. The van der Waals surface area contributed by atoms with E-state index >= 15 is 0 Å². The summed E-state index contributed by atoms with van der Waals surface area (Å²) >= 11 is 0. The van der Waals surface area contributed by atoms with Gasteiger partial charge in [0, 0.05) is 20.0 Å². The molecular formula is C26H41N3O4. The number of carbonyl (C=O) groups is 3. The second kappa shape index (κ2) is 12.2. The zero-order valence-electron chi connectivity index (χ0n) is 20.9. The predicted molar refractivity (Wildman–Crippen MR) is 129 cm³/mol. The number of rotatable bonds is 11. The molecule has 0 spiro atoms. The normalized spacial score (nSPS) is 22.1. The van der Waals surface area contributed by atoms with Gasteiger partial charge >= 0.3 is 5.97 Å². The number of aliphatic carboxylic acids is 1. The van der Waals surface area contributed by atoms with Crippen molar-refractivity contribution in [3.8, 4) is 0 Å². The fraction of sp³-hybridized carbons (Fsp3) is 0.654. The summed E-state index contributed by atoms with van der Waals surface area (Å²) < 4.78 is 0. The Hall–Kier alpha value is -2.41. The van der Waals surface area contributed by atoms with Crippen LogP contribution in [0.4, 0.5) is 0 Å². The van der Waals surface area contributed by atoms with E-state index in [0.717, 1.165) is 24.8 Å². The molecule has 1 fully saturated rings. The number of nitrogens with zero attached hydrogens (tertiary/aromatic N) is 2. The maximum absolute atomic E-state index is 13.3. The molecule has 1 aromatic rings. The molecule has 0 aliphatic carbocycles. The topological polar surface area (TPSA) is 90.0 Å². The Labute approximate surface area is 198 Å². The third-order valence-electron chi connectivity index (χ3n) is 6.88. The van der Waals surface area contributed by atoms with Crippen molar-refractivity contribution in [2.75, 3.05) is 13.6 Å². The summed E-state index contributed by atoms with van der Waals surface area (Å²) in [7, 11) is 1.53. The van der Waals surface area contributed by atoms with E-state index in [4.69, 9.17) is 0 Å². The van der Waals surface area contributed by atoms with E-state index in [1.807, 2.05) is 32.9 Å². The Morgan fingerprint density at radius 3 is 2.30 bits per heavy atom. The first-order chi connectivity index (χ1) is 15.8. The van der Waals surface area contributed by atoms with E-state index in [0.29, 0.717) is 32.2 Å². The van der Waals surface area contributed by atoms with Gasteiger partial charge in [0.2, 0.25) is 11.8 Å². The lowest BCUT2D eigenvalue weighted by atomic mass is 9.70. The molecule has 1 aliphatic heterocycles. The number of carboxylic acid groups (broad SMARTS) is 1. The van der Waals surface area contributed by atoms with Crippen LogP contribution in [0.5, 0.6) is 0 Å². The summed E-state index contributed by atoms with van der Waals surface area (Å²) in [5, 5.41) is 16.5. The third kappa shape index (κ3) is 5.75. The monoisotopic (exact) mass is 459 g/mol. The van der Waals surface area contributed by atoms with Gasteiger partial charge in [-0.1, -0.05) is 64.3 Å². The summed E-state index contributed by atoms with van der Waals surface area (Å²) in [6.07, 6.45) is 5.28. The van der Waals surface area contributed by atoms with Crippen molar-refractivity contribution in [3.63, 3.8) is 0 Å². The molecule has 0 bridgehead atoms. The van der Waals surface area contributed by atoms with Gasteiger partial charge in [-0.2, -0.15) is 5.01 Å². The van der Waals surface area contributed by atoms with Crippen LogP contribution < -0.4 is 5.32 Å². The Balaban J connectivity index is 2.61. The van der Waals surface area contributed by atoms with Gasteiger partial charge in [-0.3, -0.25) is 19.4 Å². The highest BCUT2D eigenvalue weighted by Gasteiger charge is 2.57. The van der Waals surface area contributed by atoms with E-state index < -0.39 is 17.4 Å². The molecule has 33 heavy (non-hydrogen) atoms. The smallest absolute Gasteiger partial charge is 0.311 e. The van der Waals surface area contributed by atoms with Crippen LogP contribution in [0.2, 0.25) is 0 Å². The first-order valence-electron chi connectivity index (χ1n) is 12.4. The van der Waals surface area contributed by atoms with Crippen LogP contribution in [0.25, 0.3) is 0 Å². The fourth-order valence-electron chi connectivity index (χ4n) is 4.98. The van der Waals surface area contributed by atoms with E-state index in [1.54, 1.807) is 10.0 Å². The molecule has 2 N–H and O–H groups in total. The molecule has 1 saturated heterocycles. The predicted octanol–water partition coefficient (Wildman–Crippen LogP) is 4.33. The number of carbonyl (C=O) groups excluding carboxylic acids is 2. The number of hydrogen-bond acceptors (Lipinski definition) is 4. The third-order valence-corrected chi connectivity index (χ3v) is 6.88. The average molecular weight is 460 g/mol. The van der Waals surface area contributed by atoms with Crippen LogP contribution in [-0.2, 0) is 20.8 Å². The first-order valence-corrected chi connectivity index (χ1v) is 12.4. The molecule has 2 amide bonds. The van der Waals surface area contributed by atoms with E-state index in [9.17, 15) is 19.5 Å². The standard InChI is InChI=1S/C26H41N3O4/c1-6-9-16-26(25(32)33)17-18-28(22(30)11-8-3)29(23(26)24(31)27-5)19(4)21-14-12-20(10-7-2)13-15-21/h12-15,19,23H,6-11,16-18H2,1-5H3,(H,27,31)(H,32,33). The van der Waals surface area contributed by atoms with Gasteiger partial charge in [0.05, 0.1) is 11.5 Å². The molecule has 0 aromatic heterocycles. The lowest BCUT2D eigenvalue weighted by Crippen LogP contribution is -2.69. The summed E-state index contributed by atoms with van der Waals surface area (Å²) in [5.41, 5.74) is 0.932.